The Hall–Kier alpha value is -0.570. The lowest BCUT2D eigenvalue weighted by Crippen LogP contribution is -2.29. The van der Waals surface area contributed by atoms with Crippen LogP contribution >= 0.6 is 23.2 Å². The summed E-state index contributed by atoms with van der Waals surface area (Å²) in [5.74, 6) is 0.128. The predicted octanol–water partition coefficient (Wildman–Crippen LogP) is 3.67. The number of rotatable bonds is 3. The van der Waals surface area contributed by atoms with E-state index in [1.54, 1.807) is 12.1 Å². The van der Waals surface area contributed by atoms with Gasteiger partial charge in [0.05, 0.1) is 10.0 Å². The molecule has 1 aliphatic heterocycles. The highest BCUT2D eigenvalue weighted by Crippen LogP contribution is 2.23. The van der Waals surface area contributed by atoms with Crippen LogP contribution in [0.5, 0.6) is 0 Å². The molecule has 1 atom stereocenters. The molecule has 0 spiro atoms. The van der Waals surface area contributed by atoms with Gasteiger partial charge < -0.3 is 4.74 Å². The van der Waals surface area contributed by atoms with Gasteiger partial charge in [0.1, 0.15) is 6.10 Å². The topological polar surface area (TPSA) is 26.3 Å². The highest BCUT2D eigenvalue weighted by molar-refractivity contribution is 6.42. The second-order valence-corrected chi connectivity index (χ2v) is 5.06. The molecule has 0 bridgehead atoms. The van der Waals surface area contributed by atoms with E-state index < -0.39 is 0 Å². The molecule has 0 aromatic heterocycles. The summed E-state index contributed by atoms with van der Waals surface area (Å²) in [5.41, 5.74) is 0.888. The van der Waals surface area contributed by atoms with Crippen LogP contribution in [-0.4, -0.2) is 18.5 Å². The summed E-state index contributed by atoms with van der Waals surface area (Å²) in [7, 11) is 0. The Morgan fingerprint density at radius 1 is 1.29 bits per heavy atom. The first-order valence-corrected chi connectivity index (χ1v) is 6.50. The molecule has 1 aliphatic rings. The monoisotopic (exact) mass is 272 g/mol. The second-order valence-electron chi connectivity index (χ2n) is 4.25. The van der Waals surface area contributed by atoms with E-state index in [-0.39, 0.29) is 11.9 Å². The molecular weight excluding hydrogens is 259 g/mol. The molecule has 2 nitrogen and oxygen atoms in total. The summed E-state index contributed by atoms with van der Waals surface area (Å²) < 4.78 is 5.46. The van der Waals surface area contributed by atoms with Gasteiger partial charge in [-0.1, -0.05) is 29.3 Å². The lowest BCUT2D eigenvalue weighted by atomic mass is 10.00. The molecular formula is C13H14Cl2O2. The van der Waals surface area contributed by atoms with Gasteiger partial charge >= 0.3 is 0 Å². The van der Waals surface area contributed by atoms with Crippen LogP contribution in [0.1, 0.15) is 24.8 Å². The first kappa shape index (κ1) is 12.9. The van der Waals surface area contributed by atoms with Crippen LogP contribution in [0.2, 0.25) is 10.0 Å². The third-order valence-electron chi connectivity index (χ3n) is 2.90. The third kappa shape index (κ3) is 3.44. The Balaban J connectivity index is 1.99. The summed E-state index contributed by atoms with van der Waals surface area (Å²) in [6.07, 6.45) is 3.08. The van der Waals surface area contributed by atoms with E-state index in [1.165, 1.54) is 0 Å². The van der Waals surface area contributed by atoms with Crippen LogP contribution < -0.4 is 0 Å². The van der Waals surface area contributed by atoms with Crippen LogP contribution in [0.25, 0.3) is 0 Å². The van der Waals surface area contributed by atoms with Crippen molar-refractivity contribution in [3.63, 3.8) is 0 Å². The van der Waals surface area contributed by atoms with Gasteiger partial charge in [-0.15, -0.1) is 0 Å². The van der Waals surface area contributed by atoms with E-state index in [9.17, 15) is 4.79 Å². The van der Waals surface area contributed by atoms with Crippen LogP contribution in [0.3, 0.4) is 0 Å². The van der Waals surface area contributed by atoms with Crippen molar-refractivity contribution < 1.29 is 9.53 Å². The van der Waals surface area contributed by atoms with Crippen molar-refractivity contribution in [3.8, 4) is 0 Å². The van der Waals surface area contributed by atoms with Gasteiger partial charge in [-0.05, 0) is 37.0 Å². The average molecular weight is 273 g/mol. The molecule has 0 saturated carbocycles. The quantitative estimate of drug-likeness (QED) is 0.839. The molecule has 1 unspecified atom stereocenters. The molecule has 4 heteroatoms. The van der Waals surface area contributed by atoms with Crippen LogP contribution in [-0.2, 0) is 16.0 Å². The highest BCUT2D eigenvalue weighted by Gasteiger charge is 2.21. The predicted molar refractivity (Wildman–Crippen MR) is 68.8 cm³/mol. The minimum Gasteiger partial charge on any atom is -0.370 e. The number of Topliss-reactive ketones (excluding diaryl/α,β-unsaturated/α-hetero) is 1. The summed E-state index contributed by atoms with van der Waals surface area (Å²) in [5, 5.41) is 0.998. The van der Waals surface area contributed by atoms with Crippen LogP contribution in [0.15, 0.2) is 18.2 Å². The van der Waals surface area contributed by atoms with Crippen molar-refractivity contribution >= 4 is 29.0 Å². The highest BCUT2D eigenvalue weighted by atomic mass is 35.5. The Morgan fingerprint density at radius 3 is 2.76 bits per heavy atom. The molecule has 0 amide bonds. The minimum atomic E-state index is -0.238. The number of halogens is 2. The van der Waals surface area contributed by atoms with Gasteiger partial charge in [-0.3, -0.25) is 4.79 Å². The van der Waals surface area contributed by atoms with Crippen molar-refractivity contribution in [2.24, 2.45) is 0 Å². The van der Waals surface area contributed by atoms with Crippen molar-refractivity contribution in [1.82, 2.24) is 0 Å². The summed E-state index contributed by atoms with van der Waals surface area (Å²) in [4.78, 5) is 12.0. The second kappa shape index (κ2) is 5.85. The van der Waals surface area contributed by atoms with Gasteiger partial charge in [0.15, 0.2) is 5.78 Å². The van der Waals surface area contributed by atoms with Gasteiger partial charge in [0.25, 0.3) is 0 Å². The van der Waals surface area contributed by atoms with E-state index >= 15 is 0 Å². The number of hydrogen-bond acceptors (Lipinski definition) is 2. The number of ketones is 1. The molecule has 0 N–H and O–H groups in total. The number of carbonyl (C=O) groups excluding carboxylic acids is 1. The number of hydrogen-bond donors (Lipinski definition) is 0. The van der Waals surface area contributed by atoms with E-state index in [1.807, 2.05) is 6.07 Å². The normalized spacial score (nSPS) is 20.2. The Bertz CT molecular complexity index is 412. The molecule has 0 radical (unpaired) electrons. The fourth-order valence-corrected chi connectivity index (χ4v) is 2.28. The Morgan fingerprint density at radius 2 is 2.12 bits per heavy atom. The SMILES string of the molecule is O=C(Cc1ccc(Cl)c(Cl)c1)C1CCCCO1. The molecule has 1 aromatic carbocycles. The fraction of sp³-hybridized carbons (Fsp3) is 0.462. The lowest BCUT2D eigenvalue weighted by Gasteiger charge is -2.21. The maximum absolute atomic E-state index is 12.0. The number of ether oxygens (including phenoxy) is 1. The summed E-state index contributed by atoms with van der Waals surface area (Å²) in [6.45, 7) is 0.692. The maximum atomic E-state index is 12.0. The van der Waals surface area contributed by atoms with Crippen LogP contribution in [0, 0.1) is 0 Å². The number of benzene rings is 1. The smallest absolute Gasteiger partial charge is 0.165 e. The maximum Gasteiger partial charge on any atom is 0.165 e. The fourth-order valence-electron chi connectivity index (χ4n) is 1.96. The lowest BCUT2D eigenvalue weighted by molar-refractivity contribution is -0.132. The van der Waals surface area contributed by atoms with E-state index in [4.69, 9.17) is 27.9 Å². The largest absolute Gasteiger partial charge is 0.370 e. The molecule has 2 rings (SSSR count). The zero-order valence-corrected chi connectivity index (χ0v) is 10.9. The average Bonchev–Trinajstić information content (AvgIpc) is 2.35. The van der Waals surface area contributed by atoms with Gasteiger partial charge in [0.2, 0.25) is 0 Å². The van der Waals surface area contributed by atoms with Gasteiger partial charge in [-0.25, -0.2) is 0 Å². The Kier molecular flexibility index (Phi) is 4.43. The molecule has 1 aromatic rings. The number of carbonyl (C=O) groups is 1. The molecule has 1 fully saturated rings. The zero-order chi connectivity index (χ0) is 12.3. The van der Waals surface area contributed by atoms with E-state index in [2.05, 4.69) is 0 Å². The first-order valence-electron chi connectivity index (χ1n) is 5.75. The van der Waals surface area contributed by atoms with Crippen molar-refractivity contribution in [1.29, 1.82) is 0 Å². The minimum absolute atomic E-state index is 0.128. The molecule has 0 aliphatic carbocycles. The van der Waals surface area contributed by atoms with E-state index in [0.717, 1.165) is 24.8 Å². The van der Waals surface area contributed by atoms with Crippen molar-refractivity contribution in [2.45, 2.75) is 31.8 Å². The van der Waals surface area contributed by atoms with Gasteiger partial charge in [0, 0.05) is 13.0 Å². The molecule has 1 saturated heterocycles. The molecule has 1 heterocycles. The van der Waals surface area contributed by atoms with Crippen LogP contribution in [0.4, 0.5) is 0 Å². The third-order valence-corrected chi connectivity index (χ3v) is 3.64. The van der Waals surface area contributed by atoms with E-state index in [0.29, 0.717) is 23.1 Å². The first-order chi connectivity index (χ1) is 8.16. The zero-order valence-electron chi connectivity index (χ0n) is 9.42. The molecule has 17 heavy (non-hydrogen) atoms. The van der Waals surface area contributed by atoms with Crippen molar-refractivity contribution in [2.75, 3.05) is 6.61 Å². The standard InChI is InChI=1S/C13H14Cl2O2/c14-10-5-4-9(7-11(10)15)8-12(16)13-3-1-2-6-17-13/h4-5,7,13H,1-3,6,8H2. The summed E-state index contributed by atoms with van der Waals surface area (Å²) >= 11 is 11.7. The summed E-state index contributed by atoms with van der Waals surface area (Å²) in [6, 6.07) is 5.29. The van der Waals surface area contributed by atoms with Gasteiger partial charge in [-0.2, -0.15) is 0 Å². The Labute approximate surface area is 111 Å². The van der Waals surface area contributed by atoms with Crippen molar-refractivity contribution in [3.05, 3.63) is 33.8 Å². The molecule has 92 valence electrons.